The Morgan fingerprint density at radius 1 is 1.24 bits per heavy atom. The molecule has 1 heterocycles. The minimum Gasteiger partial charge on any atom is -0.276 e. The van der Waals surface area contributed by atoms with Crippen molar-refractivity contribution in [1.82, 2.24) is 20.6 Å². The van der Waals surface area contributed by atoms with Crippen LogP contribution in [0.25, 0.3) is 0 Å². The van der Waals surface area contributed by atoms with Crippen LogP contribution in [-0.2, 0) is 11.8 Å². The number of carbonyl (C=O) groups excluding carboxylic acids is 2. The fourth-order valence-electron chi connectivity index (χ4n) is 2.36. The number of hydrazine groups is 1. The summed E-state index contributed by atoms with van der Waals surface area (Å²) in [5, 5.41) is 4.10. The fraction of sp³-hybridized carbons (Fsp3) is 0.267. The van der Waals surface area contributed by atoms with Gasteiger partial charge in [0.25, 0.3) is 5.91 Å². The second-order valence-corrected chi connectivity index (χ2v) is 5.21. The van der Waals surface area contributed by atoms with Crippen LogP contribution in [0.1, 0.15) is 28.3 Å². The molecular weight excluding hydrogens is 268 g/mol. The highest BCUT2D eigenvalue weighted by Gasteiger charge is 2.44. The molecule has 21 heavy (non-hydrogen) atoms. The average molecular weight is 284 g/mol. The molecule has 2 atom stereocenters. The Bertz CT molecular complexity index is 665. The number of nitrogens with zero attached hydrogens (tertiary/aromatic N) is 2. The lowest BCUT2D eigenvalue weighted by Crippen LogP contribution is -2.42. The highest BCUT2D eigenvalue weighted by atomic mass is 16.2. The highest BCUT2D eigenvalue weighted by Crippen LogP contribution is 2.47. The van der Waals surface area contributed by atoms with Crippen molar-refractivity contribution in [2.45, 2.75) is 12.3 Å². The molecule has 1 aliphatic rings. The summed E-state index contributed by atoms with van der Waals surface area (Å²) in [4.78, 5) is 23.8. The second-order valence-electron chi connectivity index (χ2n) is 5.21. The number of aryl methyl sites for hydroxylation is 1. The average Bonchev–Trinajstić information content (AvgIpc) is 3.20. The lowest BCUT2D eigenvalue weighted by molar-refractivity contribution is -0.123. The molecule has 1 saturated carbocycles. The summed E-state index contributed by atoms with van der Waals surface area (Å²) in [6.45, 7) is 0. The van der Waals surface area contributed by atoms with Gasteiger partial charge < -0.3 is 0 Å². The molecule has 0 saturated heterocycles. The van der Waals surface area contributed by atoms with E-state index >= 15 is 0 Å². The van der Waals surface area contributed by atoms with Gasteiger partial charge in [-0.2, -0.15) is 5.10 Å². The number of hydrogen-bond donors (Lipinski definition) is 2. The maximum atomic E-state index is 12.0. The van der Waals surface area contributed by atoms with Crippen LogP contribution in [0, 0.1) is 5.92 Å². The molecule has 0 spiro atoms. The molecule has 2 amide bonds. The van der Waals surface area contributed by atoms with Crippen LogP contribution in [0.5, 0.6) is 0 Å². The van der Waals surface area contributed by atoms with E-state index in [2.05, 4.69) is 16.0 Å². The minimum absolute atomic E-state index is 0.0923. The molecule has 1 aromatic heterocycles. The first-order valence-electron chi connectivity index (χ1n) is 6.79. The van der Waals surface area contributed by atoms with Crippen molar-refractivity contribution < 1.29 is 9.59 Å². The summed E-state index contributed by atoms with van der Waals surface area (Å²) in [5.41, 5.74) is 6.50. The van der Waals surface area contributed by atoms with Crippen LogP contribution >= 0.6 is 0 Å². The smallest absolute Gasteiger partial charge is 0.269 e. The van der Waals surface area contributed by atoms with Crippen LogP contribution in [0.2, 0.25) is 0 Å². The molecule has 6 heteroatoms. The van der Waals surface area contributed by atoms with Crippen molar-refractivity contribution in [3.05, 3.63) is 53.9 Å². The molecule has 3 rings (SSSR count). The zero-order chi connectivity index (χ0) is 14.8. The van der Waals surface area contributed by atoms with Gasteiger partial charge in [-0.05, 0) is 30.0 Å². The highest BCUT2D eigenvalue weighted by molar-refractivity contribution is 5.95. The summed E-state index contributed by atoms with van der Waals surface area (Å²) in [6, 6.07) is 8.76. The SMILES string of the molecule is Cn1cc([C@@H]2C[C@@H]2C(=O)NNC(=O)c2ccccc2)cn1. The topological polar surface area (TPSA) is 76.0 Å². The summed E-state index contributed by atoms with van der Waals surface area (Å²) >= 11 is 0. The Hall–Kier alpha value is -2.63. The van der Waals surface area contributed by atoms with Gasteiger partial charge in [0.15, 0.2) is 0 Å². The van der Waals surface area contributed by atoms with E-state index in [9.17, 15) is 9.59 Å². The summed E-state index contributed by atoms with van der Waals surface area (Å²) in [5.74, 6) is -0.367. The Morgan fingerprint density at radius 2 is 2.00 bits per heavy atom. The van der Waals surface area contributed by atoms with E-state index in [0.29, 0.717) is 5.56 Å². The lowest BCUT2D eigenvalue weighted by atomic mass is 10.2. The molecular formula is C15H16N4O2. The molecule has 0 bridgehead atoms. The van der Waals surface area contributed by atoms with Crippen LogP contribution in [0.3, 0.4) is 0 Å². The van der Waals surface area contributed by atoms with Crippen molar-refractivity contribution >= 4 is 11.8 Å². The first-order valence-corrected chi connectivity index (χ1v) is 6.79. The Kier molecular flexibility index (Phi) is 3.43. The van der Waals surface area contributed by atoms with Gasteiger partial charge in [-0.25, -0.2) is 0 Å². The molecule has 1 aromatic carbocycles. The summed E-state index contributed by atoms with van der Waals surface area (Å²) in [7, 11) is 1.85. The van der Waals surface area contributed by atoms with Crippen LogP contribution in [0.4, 0.5) is 0 Å². The van der Waals surface area contributed by atoms with Gasteiger partial charge >= 0.3 is 0 Å². The van der Waals surface area contributed by atoms with Crippen molar-refractivity contribution in [2.75, 3.05) is 0 Å². The standard InChI is InChI=1S/C15H16N4O2/c1-19-9-11(8-16-19)12-7-13(12)15(21)18-17-14(20)10-5-3-2-4-6-10/h2-6,8-9,12-13H,7H2,1H3,(H,17,20)(H,18,21)/t12-,13-/m0/s1. The van der Waals surface area contributed by atoms with Crippen molar-refractivity contribution in [3.63, 3.8) is 0 Å². The van der Waals surface area contributed by atoms with E-state index in [1.807, 2.05) is 19.3 Å². The van der Waals surface area contributed by atoms with Crippen LogP contribution < -0.4 is 10.9 Å². The number of carbonyl (C=O) groups is 2. The lowest BCUT2D eigenvalue weighted by Gasteiger charge is -2.06. The molecule has 6 nitrogen and oxygen atoms in total. The summed E-state index contributed by atoms with van der Waals surface area (Å²) in [6.07, 6.45) is 4.49. The van der Waals surface area contributed by atoms with E-state index in [4.69, 9.17) is 0 Å². The molecule has 0 aliphatic heterocycles. The Labute approximate surface area is 122 Å². The van der Waals surface area contributed by atoms with E-state index in [1.54, 1.807) is 35.1 Å². The van der Waals surface area contributed by atoms with Crippen LogP contribution in [-0.4, -0.2) is 21.6 Å². The third-order valence-electron chi connectivity index (χ3n) is 3.62. The molecule has 0 radical (unpaired) electrons. The number of hydrogen-bond acceptors (Lipinski definition) is 3. The number of nitrogens with one attached hydrogen (secondary N) is 2. The van der Waals surface area contributed by atoms with Gasteiger partial charge in [-0.3, -0.25) is 25.1 Å². The molecule has 2 aromatic rings. The minimum atomic E-state index is -0.317. The largest absolute Gasteiger partial charge is 0.276 e. The van der Waals surface area contributed by atoms with E-state index in [1.165, 1.54) is 0 Å². The van der Waals surface area contributed by atoms with Crippen molar-refractivity contribution in [1.29, 1.82) is 0 Å². The van der Waals surface area contributed by atoms with Gasteiger partial charge in [0.05, 0.1) is 6.20 Å². The number of amides is 2. The Morgan fingerprint density at radius 3 is 2.67 bits per heavy atom. The number of aromatic nitrogens is 2. The predicted molar refractivity (Wildman–Crippen MR) is 76.1 cm³/mol. The molecule has 2 N–H and O–H groups in total. The van der Waals surface area contributed by atoms with Gasteiger partial charge in [0.2, 0.25) is 5.91 Å². The van der Waals surface area contributed by atoms with Crippen molar-refractivity contribution in [2.24, 2.45) is 13.0 Å². The maximum Gasteiger partial charge on any atom is 0.269 e. The Balaban J connectivity index is 1.51. The summed E-state index contributed by atoms with van der Waals surface area (Å²) < 4.78 is 1.72. The van der Waals surface area contributed by atoms with E-state index in [-0.39, 0.29) is 23.7 Å². The van der Waals surface area contributed by atoms with Crippen LogP contribution in [0.15, 0.2) is 42.7 Å². The third-order valence-corrected chi connectivity index (χ3v) is 3.62. The predicted octanol–water partition coefficient (Wildman–Crippen LogP) is 0.985. The van der Waals surface area contributed by atoms with Gasteiger partial charge in [-0.1, -0.05) is 18.2 Å². The monoisotopic (exact) mass is 284 g/mol. The maximum absolute atomic E-state index is 12.0. The number of benzene rings is 1. The molecule has 108 valence electrons. The third kappa shape index (κ3) is 2.94. The quantitative estimate of drug-likeness (QED) is 0.825. The van der Waals surface area contributed by atoms with Crippen molar-refractivity contribution in [3.8, 4) is 0 Å². The van der Waals surface area contributed by atoms with Gasteiger partial charge in [0.1, 0.15) is 0 Å². The first kappa shape index (κ1) is 13.4. The zero-order valence-corrected chi connectivity index (χ0v) is 11.6. The van der Waals surface area contributed by atoms with E-state index < -0.39 is 0 Å². The van der Waals surface area contributed by atoms with Gasteiger partial charge in [-0.15, -0.1) is 0 Å². The zero-order valence-electron chi connectivity index (χ0n) is 11.6. The molecule has 1 aliphatic carbocycles. The second kappa shape index (κ2) is 5.40. The first-order chi connectivity index (χ1) is 10.1. The van der Waals surface area contributed by atoms with Gasteiger partial charge in [0, 0.05) is 24.7 Å². The number of rotatable bonds is 3. The molecule has 1 fully saturated rings. The fourth-order valence-corrected chi connectivity index (χ4v) is 2.36. The van der Waals surface area contributed by atoms with E-state index in [0.717, 1.165) is 12.0 Å². The normalized spacial score (nSPS) is 19.9. The molecule has 0 unspecified atom stereocenters.